The lowest BCUT2D eigenvalue weighted by Gasteiger charge is -2.30. The Morgan fingerprint density at radius 1 is 1.20 bits per heavy atom. The van der Waals surface area contributed by atoms with Crippen LogP contribution in [0.5, 0.6) is 0 Å². The molecule has 7 heteroatoms. The molecule has 1 aromatic carbocycles. The summed E-state index contributed by atoms with van der Waals surface area (Å²) in [6.07, 6.45) is 3.75. The lowest BCUT2D eigenvalue weighted by molar-refractivity contribution is 0.0697. The van der Waals surface area contributed by atoms with Gasteiger partial charge in [0.15, 0.2) is 5.11 Å². The molecule has 2 unspecified atom stereocenters. The predicted octanol–water partition coefficient (Wildman–Crippen LogP) is 4.20. The standard InChI is InChI=1S/C23H24N4O2S/c1-15(2)14-27-21(20(25-23(27)30)18-9-3-4-11-24-18)19-10-6-12-26(19)17-8-5-7-16(13-17)22(28)29/h3-13,15,20-21H,14H2,1-2H3,(H,25,30)(H,28,29). The van der Waals surface area contributed by atoms with E-state index in [4.69, 9.17) is 12.2 Å². The van der Waals surface area contributed by atoms with Gasteiger partial charge in [-0.25, -0.2) is 4.79 Å². The summed E-state index contributed by atoms with van der Waals surface area (Å²) >= 11 is 5.70. The van der Waals surface area contributed by atoms with Gasteiger partial charge in [0.1, 0.15) is 0 Å². The molecule has 0 spiro atoms. The van der Waals surface area contributed by atoms with Crippen molar-refractivity contribution in [2.24, 2.45) is 5.92 Å². The van der Waals surface area contributed by atoms with Gasteiger partial charge in [-0.2, -0.15) is 0 Å². The van der Waals surface area contributed by atoms with E-state index in [-0.39, 0.29) is 17.6 Å². The summed E-state index contributed by atoms with van der Waals surface area (Å²) in [6.45, 7) is 5.15. The van der Waals surface area contributed by atoms with E-state index in [1.807, 2.05) is 41.1 Å². The maximum absolute atomic E-state index is 11.5. The van der Waals surface area contributed by atoms with Gasteiger partial charge in [0.25, 0.3) is 0 Å². The molecule has 2 atom stereocenters. The average molecular weight is 421 g/mol. The summed E-state index contributed by atoms with van der Waals surface area (Å²) in [7, 11) is 0. The minimum atomic E-state index is -0.943. The number of pyridine rings is 1. The lowest BCUT2D eigenvalue weighted by Crippen LogP contribution is -2.33. The van der Waals surface area contributed by atoms with Crippen molar-refractivity contribution in [3.63, 3.8) is 0 Å². The molecule has 3 heterocycles. The van der Waals surface area contributed by atoms with Gasteiger partial charge in [0.05, 0.1) is 23.3 Å². The number of aromatic nitrogens is 2. The fraction of sp³-hybridized carbons (Fsp3) is 0.261. The highest BCUT2D eigenvalue weighted by Gasteiger charge is 2.41. The third-order valence-electron chi connectivity index (χ3n) is 5.21. The second-order valence-electron chi connectivity index (χ2n) is 7.83. The molecule has 0 bridgehead atoms. The number of aromatic carboxylic acids is 1. The molecule has 0 radical (unpaired) electrons. The Balaban J connectivity index is 1.81. The van der Waals surface area contributed by atoms with Crippen molar-refractivity contribution < 1.29 is 9.90 Å². The average Bonchev–Trinajstić information content (AvgIpc) is 3.33. The first-order valence-corrected chi connectivity index (χ1v) is 10.4. The summed E-state index contributed by atoms with van der Waals surface area (Å²) in [4.78, 5) is 18.3. The zero-order valence-electron chi connectivity index (χ0n) is 16.9. The first-order valence-electron chi connectivity index (χ1n) is 9.94. The van der Waals surface area contributed by atoms with Crippen LogP contribution in [0.1, 0.15) is 47.7 Å². The monoisotopic (exact) mass is 420 g/mol. The zero-order chi connectivity index (χ0) is 21.3. The Kier molecular flexibility index (Phi) is 5.55. The SMILES string of the molecule is CC(C)CN1C(=S)NC(c2ccccn2)C1c1cccn1-c1cccc(C(=O)O)c1. The van der Waals surface area contributed by atoms with Crippen LogP contribution in [0.2, 0.25) is 0 Å². The van der Waals surface area contributed by atoms with E-state index >= 15 is 0 Å². The van der Waals surface area contributed by atoms with Crippen LogP contribution >= 0.6 is 12.2 Å². The Morgan fingerprint density at radius 2 is 2.03 bits per heavy atom. The van der Waals surface area contributed by atoms with Gasteiger partial charge in [0, 0.05) is 30.3 Å². The maximum Gasteiger partial charge on any atom is 0.335 e. The quantitative estimate of drug-likeness (QED) is 0.583. The third kappa shape index (κ3) is 3.80. The molecule has 0 aliphatic carbocycles. The largest absolute Gasteiger partial charge is 0.478 e. The van der Waals surface area contributed by atoms with Crippen molar-refractivity contribution in [2.75, 3.05) is 6.54 Å². The molecule has 1 saturated heterocycles. The van der Waals surface area contributed by atoms with Gasteiger partial charge in [-0.3, -0.25) is 4.98 Å². The number of nitrogens with one attached hydrogen (secondary N) is 1. The van der Waals surface area contributed by atoms with Gasteiger partial charge in [-0.1, -0.05) is 26.0 Å². The van der Waals surface area contributed by atoms with Crippen LogP contribution < -0.4 is 5.32 Å². The molecule has 3 aromatic rings. The zero-order valence-corrected chi connectivity index (χ0v) is 17.7. The second kappa shape index (κ2) is 8.28. The molecule has 1 aliphatic heterocycles. The number of carboxylic acids is 1. The van der Waals surface area contributed by atoms with Crippen LogP contribution in [0.3, 0.4) is 0 Å². The summed E-state index contributed by atoms with van der Waals surface area (Å²) in [5.74, 6) is -0.518. The molecular formula is C23H24N4O2S. The van der Waals surface area contributed by atoms with Crippen molar-refractivity contribution in [1.29, 1.82) is 0 Å². The number of hydrogen-bond acceptors (Lipinski definition) is 3. The van der Waals surface area contributed by atoms with E-state index in [0.29, 0.717) is 11.0 Å². The highest BCUT2D eigenvalue weighted by Crippen LogP contribution is 2.39. The highest BCUT2D eigenvalue weighted by atomic mass is 32.1. The maximum atomic E-state index is 11.5. The molecular weight excluding hydrogens is 396 g/mol. The van der Waals surface area contributed by atoms with E-state index in [0.717, 1.165) is 23.6 Å². The number of carboxylic acid groups (broad SMARTS) is 1. The molecule has 30 heavy (non-hydrogen) atoms. The Bertz CT molecular complexity index is 1060. The summed E-state index contributed by atoms with van der Waals surface area (Å²) in [6, 6.07) is 16.7. The van der Waals surface area contributed by atoms with Crippen molar-refractivity contribution in [3.05, 3.63) is 83.9 Å². The molecule has 154 valence electrons. The van der Waals surface area contributed by atoms with Crippen LogP contribution in [-0.2, 0) is 0 Å². The Hall–Kier alpha value is -3.19. The van der Waals surface area contributed by atoms with E-state index in [1.165, 1.54) is 0 Å². The summed E-state index contributed by atoms with van der Waals surface area (Å²) in [5, 5.41) is 13.6. The van der Waals surface area contributed by atoms with E-state index in [1.54, 1.807) is 24.4 Å². The smallest absolute Gasteiger partial charge is 0.335 e. The van der Waals surface area contributed by atoms with Crippen molar-refractivity contribution in [2.45, 2.75) is 25.9 Å². The number of benzene rings is 1. The molecule has 0 saturated carbocycles. The fourth-order valence-electron chi connectivity index (χ4n) is 3.98. The van der Waals surface area contributed by atoms with Crippen LogP contribution in [0.15, 0.2) is 67.0 Å². The molecule has 4 rings (SSSR count). The molecule has 2 aromatic heterocycles. The number of carbonyl (C=O) groups is 1. The minimum Gasteiger partial charge on any atom is -0.478 e. The first-order chi connectivity index (χ1) is 14.5. The van der Waals surface area contributed by atoms with E-state index < -0.39 is 5.97 Å². The van der Waals surface area contributed by atoms with Gasteiger partial charge in [0.2, 0.25) is 0 Å². The van der Waals surface area contributed by atoms with Crippen LogP contribution in [0, 0.1) is 5.92 Å². The molecule has 2 N–H and O–H groups in total. The van der Waals surface area contributed by atoms with Gasteiger partial charge in [-0.15, -0.1) is 0 Å². The fourth-order valence-corrected chi connectivity index (χ4v) is 4.29. The predicted molar refractivity (Wildman–Crippen MR) is 120 cm³/mol. The molecule has 1 fully saturated rings. The summed E-state index contributed by atoms with van der Waals surface area (Å²) in [5.41, 5.74) is 3.01. The van der Waals surface area contributed by atoms with Crippen LogP contribution in [-0.4, -0.2) is 37.2 Å². The second-order valence-corrected chi connectivity index (χ2v) is 8.22. The molecule has 1 aliphatic rings. The number of rotatable bonds is 6. The molecule has 6 nitrogen and oxygen atoms in total. The number of hydrogen-bond donors (Lipinski definition) is 2. The van der Waals surface area contributed by atoms with Crippen molar-refractivity contribution in [3.8, 4) is 5.69 Å². The van der Waals surface area contributed by atoms with Crippen molar-refractivity contribution >= 4 is 23.3 Å². The Labute approximate surface area is 181 Å². The van der Waals surface area contributed by atoms with E-state index in [2.05, 4.69) is 35.1 Å². The van der Waals surface area contributed by atoms with Gasteiger partial charge >= 0.3 is 5.97 Å². The van der Waals surface area contributed by atoms with Crippen molar-refractivity contribution in [1.82, 2.24) is 19.8 Å². The normalized spacial score (nSPS) is 18.6. The summed E-state index contributed by atoms with van der Waals surface area (Å²) < 4.78 is 2.04. The minimum absolute atomic E-state index is 0.0710. The van der Waals surface area contributed by atoms with Gasteiger partial charge in [-0.05, 0) is 60.6 Å². The topological polar surface area (TPSA) is 70.4 Å². The first kappa shape index (κ1) is 20.1. The number of nitrogens with zero attached hydrogens (tertiary/aromatic N) is 3. The van der Waals surface area contributed by atoms with Gasteiger partial charge < -0.3 is 19.9 Å². The van der Waals surface area contributed by atoms with E-state index in [9.17, 15) is 9.90 Å². The van der Waals surface area contributed by atoms with Crippen LogP contribution in [0.25, 0.3) is 5.69 Å². The highest BCUT2D eigenvalue weighted by molar-refractivity contribution is 7.80. The molecule has 0 amide bonds. The van der Waals surface area contributed by atoms with Crippen LogP contribution in [0.4, 0.5) is 0 Å². The third-order valence-corrected chi connectivity index (χ3v) is 5.57. The lowest BCUT2D eigenvalue weighted by atomic mass is 10.0. The Morgan fingerprint density at radius 3 is 2.73 bits per heavy atom. The number of thiocarbonyl (C=S) groups is 1.